The number of aromatic nitrogens is 1. The summed E-state index contributed by atoms with van der Waals surface area (Å²) in [6, 6.07) is 8.80. The first-order valence-electron chi connectivity index (χ1n) is 6.93. The van der Waals surface area contributed by atoms with E-state index < -0.39 is 0 Å². The Kier molecular flexibility index (Phi) is 4.09. The first kappa shape index (κ1) is 14.2. The number of pyridine rings is 1. The van der Waals surface area contributed by atoms with Crippen LogP contribution in [0.4, 0.5) is 0 Å². The zero-order valence-electron chi connectivity index (χ0n) is 12.2. The monoisotopic (exact) mass is 300 g/mol. The van der Waals surface area contributed by atoms with Crippen LogP contribution in [-0.2, 0) is 6.54 Å². The molecular formula is C16H16N2O4. The molecule has 0 radical (unpaired) electrons. The van der Waals surface area contributed by atoms with E-state index in [1.807, 2.05) is 6.07 Å². The molecule has 1 N–H and O–H groups in total. The van der Waals surface area contributed by atoms with E-state index in [9.17, 15) is 4.79 Å². The molecule has 0 saturated carbocycles. The molecular weight excluding hydrogens is 284 g/mol. The van der Waals surface area contributed by atoms with Crippen molar-refractivity contribution in [1.82, 2.24) is 10.3 Å². The summed E-state index contributed by atoms with van der Waals surface area (Å²) < 4.78 is 16.1. The molecule has 22 heavy (non-hydrogen) atoms. The number of methoxy groups -OCH3 is 1. The van der Waals surface area contributed by atoms with Crippen molar-refractivity contribution in [3.63, 3.8) is 0 Å². The molecule has 0 unspecified atom stereocenters. The van der Waals surface area contributed by atoms with Gasteiger partial charge in [0.25, 0.3) is 5.91 Å². The zero-order chi connectivity index (χ0) is 15.4. The highest BCUT2D eigenvalue weighted by Gasteiger charge is 2.15. The highest BCUT2D eigenvalue weighted by molar-refractivity contribution is 5.94. The van der Waals surface area contributed by atoms with E-state index in [0.29, 0.717) is 42.7 Å². The highest BCUT2D eigenvalue weighted by atomic mass is 16.6. The van der Waals surface area contributed by atoms with Crippen LogP contribution < -0.4 is 19.5 Å². The Morgan fingerprint density at radius 1 is 1.27 bits per heavy atom. The Morgan fingerprint density at radius 2 is 2.09 bits per heavy atom. The SMILES string of the molecule is COc1ncccc1CNC(=O)c1ccc2c(c1)OCCO2. The molecule has 3 rings (SSSR count). The summed E-state index contributed by atoms with van der Waals surface area (Å²) in [5, 5.41) is 2.84. The smallest absolute Gasteiger partial charge is 0.251 e. The van der Waals surface area contributed by atoms with Gasteiger partial charge in [-0.3, -0.25) is 4.79 Å². The van der Waals surface area contributed by atoms with Crippen LogP contribution >= 0.6 is 0 Å². The maximum Gasteiger partial charge on any atom is 0.251 e. The Hall–Kier alpha value is -2.76. The topological polar surface area (TPSA) is 69.7 Å². The van der Waals surface area contributed by atoms with Crippen LogP contribution in [0, 0.1) is 0 Å². The van der Waals surface area contributed by atoms with Crippen LogP contribution in [-0.4, -0.2) is 31.2 Å². The molecule has 0 spiro atoms. The first-order valence-corrected chi connectivity index (χ1v) is 6.93. The van der Waals surface area contributed by atoms with Gasteiger partial charge < -0.3 is 19.5 Å². The summed E-state index contributed by atoms with van der Waals surface area (Å²) in [6.07, 6.45) is 1.64. The third-order valence-electron chi connectivity index (χ3n) is 3.29. The van der Waals surface area contributed by atoms with Crippen molar-refractivity contribution >= 4 is 5.91 Å². The van der Waals surface area contributed by atoms with E-state index in [-0.39, 0.29) is 5.91 Å². The number of nitrogens with zero attached hydrogens (tertiary/aromatic N) is 1. The average Bonchev–Trinajstić information content (AvgIpc) is 2.59. The summed E-state index contributed by atoms with van der Waals surface area (Å²) in [5.74, 6) is 1.57. The van der Waals surface area contributed by atoms with Gasteiger partial charge in [-0.25, -0.2) is 4.98 Å². The van der Waals surface area contributed by atoms with Crippen molar-refractivity contribution in [3.8, 4) is 17.4 Å². The Labute approximate surface area is 128 Å². The number of rotatable bonds is 4. The Morgan fingerprint density at radius 3 is 2.91 bits per heavy atom. The standard InChI is InChI=1S/C16H16N2O4/c1-20-16-12(3-2-6-17-16)10-18-15(19)11-4-5-13-14(9-11)22-8-7-21-13/h2-6,9H,7-8,10H2,1H3,(H,18,19). The van der Waals surface area contributed by atoms with Gasteiger partial charge in [0.05, 0.1) is 7.11 Å². The van der Waals surface area contributed by atoms with Crippen LogP contribution in [0.1, 0.15) is 15.9 Å². The Balaban J connectivity index is 1.69. The molecule has 1 amide bonds. The minimum Gasteiger partial charge on any atom is -0.486 e. The van der Waals surface area contributed by atoms with Crippen LogP contribution in [0.2, 0.25) is 0 Å². The van der Waals surface area contributed by atoms with Crippen LogP contribution in [0.15, 0.2) is 36.5 Å². The zero-order valence-corrected chi connectivity index (χ0v) is 12.2. The van der Waals surface area contributed by atoms with E-state index in [4.69, 9.17) is 14.2 Å². The summed E-state index contributed by atoms with van der Waals surface area (Å²) in [5.41, 5.74) is 1.34. The van der Waals surface area contributed by atoms with E-state index in [0.717, 1.165) is 5.56 Å². The van der Waals surface area contributed by atoms with Crippen molar-refractivity contribution in [2.45, 2.75) is 6.54 Å². The molecule has 6 heteroatoms. The van der Waals surface area contributed by atoms with Crippen molar-refractivity contribution in [3.05, 3.63) is 47.7 Å². The van der Waals surface area contributed by atoms with Gasteiger partial charge >= 0.3 is 0 Å². The number of nitrogens with one attached hydrogen (secondary N) is 1. The van der Waals surface area contributed by atoms with E-state index in [1.54, 1.807) is 37.6 Å². The van der Waals surface area contributed by atoms with Gasteiger partial charge in [0.2, 0.25) is 5.88 Å². The summed E-state index contributed by atoms with van der Waals surface area (Å²) in [7, 11) is 1.55. The molecule has 6 nitrogen and oxygen atoms in total. The molecule has 2 heterocycles. The van der Waals surface area contributed by atoms with E-state index in [2.05, 4.69) is 10.3 Å². The highest BCUT2D eigenvalue weighted by Crippen LogP contribution is 2.30. The minimum atomic E-state index is -0.192. The second kappa shape index (κ2) is 6.34. The molecule has 0 aliphatic carbocycles. The molecule has 114 valence electrons. The Bertz CT molecular complexity index is 688. The van der Waals surface area contributed by atoms with Gasteiger partial charge in [0, 0.05) is 23.9 Å². The normalized spacial score (nSPS) is 12.6. The van der Waals surface area contributed by atoms with Crippen molar-refractivity contribution < 1.29 is 19.0 Å². The molecule has 0 bridgehead atoms. The van der Waals surface area contributed by atoms with Crippen molar-refractivity contribution in [2.24, 2.45) is 0 Å². The molecule has 1 aliphatic heterocycles. The fraction of sp³-hybridized carbons (Fsp3) is 0.250. The predicted octanol–water partition coefficient (Wildman–Crippen LogP) is 1.79. The maximum absolute atomic E-state index is 12.2. The van der Waals surface area contributed by atoms with Gasteiger partial charge in [-0.05, 0) is 24.3 Å². The van der Waals surface area contributed by atoms with Gasteiger partial charge in [0.15, 0.2) is 11.5 Å². The third kappa shape index (κ3) is 2.95. The number of ether oxygens (including phenoxy) is 3. The molecule has 0 saturated heterocycles. The molecule has 0 atom stereocenters. The molecule has 1 aromatic heterocycles. The first-order chi connectivity index (χ1) is 10.8. The largest absolute Gasteiger partial charge is 0.486 e. The lowest BCUT2D eigenvalue weighted by Gasteiger charge is -2.18. The van der Waals surface area contributed by atoms with E-state index in [1.165, 1.54) is 0 Å². The molecule has 1 aromatic carbocycles. The predicted molar refractivity (Wildman–Crippen MR) is 79.4 cm³/mol. The quantitative estimate of drug-likeness (QED) is 0.932. The number of fused-ring (bicyclic) bond motifs is 1. The fourth-order valence-corrected chi connectivity index (χ4v) is 2.20. The number of benzene rings is 1. The fourth-order valence-electron chi connectivity index (χ4n) is 2.20. The maximum atomic E-state index is 12.2. The second-order valence-corrected chi connectivity index (χ2v) is 4.71. The number of hydrogen-bond donors (Lipinski definition) is 1. The molecule has 2 aromatic rings. The average molecular weight is 300 g/mol. The van der Waals surface area contributed by atoms with Crippen LogP contribution in [0.5, 0.6) is 17.4 Å². The lowest BCUT2D eigenvalue weighted by atomic mass is 10.1. The van der Waals surface area contributed by atoms with Gasteiger partial charge in [-0.15, -0.1) is 0 Å². The van der Waals surface area contributed by atoms with Gasteiger partial charge in [-0.1, -0.05) is 6.07 Å². The van der Waals surface area contributed by atoms with Crippen molar-refractivity contribution in [2.75, 3.05) is 20.3 Å². The summed E-state index contributed by atoms with van der Waals surface area (Å²) in [4.78, 5) is 16.3. The molecule has 0 fully saturated rings. The third-order valence-corrected chi connectivity index (χ3v) is 3.29. The molecule has 1 aliphatic rings. The number of carbonyl (C=O) groups excluding carboxylic acids is 1. The van der Waals surface area contributed by atoms with Crippen LogP contribution in [0.3, 0.4) is 0 Å². The van der Waals surface area contributed by atoms with Gasteiger partial charge in [0.1, 0.15) is 13.2 Å². The summed E-state index contributed by atoms with van der Waals surface area (Å²) in [6.45, 7) is 1.36. The van der Waals surface area contributed by atoms with Gasteiger partial charge in [-0.2, -0.15) is 0 Å². The minimum absolute atomic E-state index is 0.192. The van der Waals surface area contributed by atoms with E-state index >= 15 is 0 Å². The van der Waals surface area contributed by atoms with Crippen molar-refractivity contribution in [1.29, 1.82) is 0 Å². The van der Waals surface area contributed by atoms with Crippen LogP contribution in [0.25, 0.3) is 0 Å². The lowest BCUT2D eigenvalue weighted by Crippen LogP contribution is -2.23. The summed E-state index contributed by atoms with van der Waals surface area (Å²) >= 11 is 0. The number of amides is 1. The lowest BCUT2D eigenvalue weighted by molar-refractivity contribution is 0.0949. The second-order valence-electron chi connectivity index (χ2n) is 4.71. The number of hydrogen-bond acceptors (Lipinski definition) is 5. The number of carbonyl (C=O) groups is 1.